The van der Waals surface area contributed by atoms with Crippen molar-refractivity contribution in [2.24, 2.45) is 5.10 Å². The molecule has 2 aromatic carbocycles. The summed E-state index contributed by atoms with van der Waals surface area (Å²) in [6, 6.07) is 15.5. The van der Waals surface area contributed by atoms with E-state index in [4.69, 9.17) is 4.74 Å². The number of halogens is 1. The van der Waals surface area contributed by atoms with Gasteiger partial charge >= 0.3 is 5.69 Å². The van der Waals surface area contributed by atoms with Crippen LogP contribution in [0.3, 0.4) is 0 Å². The first kappa shape index (κ1) is 17.8. The molecule has 2 N–H and O–H groups in total. The van der Waals surface area contributed by atoms with Crippen LogP contribution in [0, 0.1) is 6.92 Å². The molecular weight excluding hydrogens is 398 g/mol. The molecule has 0 aliphatic heterocycles. The Labute approximate surface area is 158 Å². The SMILES string of the molecule is Cc1n[nH]c(=O)nc1N/N=C/c1ccc(OCc2ccc(Br)cc2)cc1. The number of aromatic amines is 1. The summed E-state index contributed by atoms with van der Waals surface area (Å²) in [4.78, 5) is 14.9. The first-order valence-electron chi connectivity index (χ1n) is 7.80. The van der Waals surface area contributed by atoms with Crippen LogP contribution in [0.2, 0.25) is 0 Å². The molecule has 1 heterocycles. The highest BCUT2D eigenvalue weighted by atomic mass is 79.9. The maximum atomic E-state index is 11.2. The number of benzene rings is 2. The third-order valence-electron chi connectivity index (χ3n) is 3.46. The van der Waals surface area contributed by atoms with Crippen molar-refractivity contribution >= 4 is 28.0 Å². The quantitative estimate of drug-likeness (QED) is 0.477. The van der Waals surface area contributed by atoms with E-state index >= 15 is 0 Å². The Morgan fingerprint density at radius 1 is 1.19 bits per heavy atom. The largest absolute Gasteiger partial charge is 0.489 e. The Morgan fingerprint density at radius 2 is 1.92 bits per heavy atom. The van der Waals surface area contributed by atoms with E-state index < -0.39 is 5.69 Å². The number of hydrogen-bond acceptors (Lipinski definition) is 6. The molecule has 0 fully saturated rings. The molecule has 0 radical (unpaired) electrons. The number of H-pyrrole nitrogens is 1. The number of rotatable bonds is 6. The molecular formula is C18H16BrN5O2. The molecule has 3 aromatic rings. The summed E-state index contributed by atoms with van der Waals surface area (Å²) in [5.41, 5.74) is 4.71. The van der Waals surface area contributed by atoms with Crippen molar-refractivity contribution in [2.75, 3.05) is 5.43 Å². The minimum Gasteiger partial charge on any atom is -0.489 e. The van der Waals surface area contributed by atoms with Crippen molar-refractivity contribution in [3.8, 4) is 5.75 Å². The smallest absolute Gasteiger partial charge is 0.363 e. The molecule has 0 saturated carbocycles. The standard InChI is InChI=1S/C18H16BrN5O2/c1-12-17(21-18(25)24-22-12)23-20-10-13-4-8-16(9-5-13)26-11-14-2-6-15(19)7-3-14/h2-10H,11H2,1H3,(H2,21,23,24,25)/b20-10+. The second-order valence-electron chi connectivity index (χ2n) is 5.43. The summed E-state index contributed by atoms with van der Waals surface area (Å²) in [5, 5.41) is 10.1. The number of hydrazone groups is 1. The van der Waals surface area contributed by atoms with Gasteiger partial charge in [0.05, 0.1) is 6.21 Å². The summed E-state index contributed by atoms with van der Waals surface area (Å²) >= 11 is 3.41. The van der Waals surface area contributed by atoms with E-state index in [-0.39, 0.29) is 0 Å². The van der Waals surface area contributed by atoms with Crippen LogP contribution < -0.4 is 15.9 Å². The average Bonchev–Trinajstić information content (AvgIpc) is 2.65. The van der Waals surface area contributed by atoms with Gasteiger partial charge in [0, 0.05) is 4.47 Å². The van der Waals surface area contributed by atoms with Gasteiger partial charge in [-0.1, -0.05) is 28.1 Å². The maximum absolute atomic E-state index is 11.2. The summed E-state index contributed by atoms with van der Waals surface area (Å²) in [6.45, 7) is 2.22. The Kier molecular flexibility index (Phi) is 5.75. The molecule has 3 rings (SSSR count). The first-order chi connectivity index (χ1) is 12.6. The minimum atomic E-state index is -0.527. The van der Waals surface area contributed by atoms with E-state index in [1.807, 2.05) is 48.5 Å². The van der Waals surface area contributed by atoms with E-state index in [1.54, 1.807) is 13.1 Å². The van der Waals surface area contributed by atoms with Crippen molar-refractivity contribution in [1.82, 2.24) is 15.2 Å². The Balaban J connectivity index is 1.56. The molecule has 1 aromatic heterocycles. The lowest BCUT2D eigenvalue weighted by atomic mass is 10.2. The van der Waals surface area contributed by atoms with Crippen molar-refractivity contribution in [2.45, 2.75) is 13.5 Å². The molecule has 0 atom stereocenters. The lowest BCUT2D eigenvalue weighted by Gasteiger charge is -2.06. The molecule has 0 saturated heterocycles. The summed E-state index contributed by atoms with van der Waals surface area (Å²) in [5.74, 6) is 1.09. The van der Waals surface area contributed by atoms with Crippen LogP contribution in [0.5, 0.6) is 5.75 Å². The molecule has 0 aliphatic rings. The number of aromatic nitrogens is 3. The topological polar surface area (TPSA) is 92.3 Å². The number of nitrogens with zero attached hydrogens (tertiary/aromatic N) is 3. The fourth-order valence-corrected chi connectivity index (χ4v) is 2.33. The van der Waals surface area contributed by atoms with Crippen molar-refractivity contribution in [3.63, 3.8) is 0 Å². The molecule has 0 unspecified atom stereocenters. The van der Waals surface area contributed by atoms with Gasteiger partial charge in [-0.3, -0.25) is 5.43 Å². The summed E-state index contributed by atoms with van der Waals surface area (Å²) in [6.07, 6.45) is 1.63. The lowest BCUT2D eigenvalue weighted by molar-refractivity contribution is 0.306. The Hall–Kier alpha value is -3.00. The zero-order chi connectivity index (χ0) is 18.4. The van der Waals surface area contributed by atoms with Gasteiger partial charge in [-0.2, -0.15) is 15.2 Å². The monoisotopic (exact) mass is 413 g/mol. The highest BCUT2D eigenvalue weighted by molar-refractivity contribution is 9.10. The van der Waals surface area contributed by atoms with Gasteiger partial charge in [0.15, 0.2) is 5.82 Å². The third-order valence-corrected chi connectivity index (χ3v) is 3.99. The van der Waals surface area contributed by atoms with E-state index in [1.165, 1.54) is 0 Å². The van der Waals surface area contributed by atoms with Crippen LogP contribution in [0.15, 0.2) is 62.9 Å². The highest BCUT2D eigenvalue weighted by Crippen LogP contribution is 2.15. The van der Waals surface area contributed by atoms with Gasteiger partial charge in [-0.05, 0) is 54.4 Å². The van der Waals surface area contributed by atoms with Crippen LogP contribution in [-0.4, -0.2) is 21.4 Å². The maximum Gasteiger partial charge on any atom is 0.363 e. The average molecular weight is 414 g/mol. The predicted molar refractivity (Wildman–Crippen MR) is 104 cm³/mol. The second kappa shape index (κ2) is 8.39. The van der Waals surface area contributed by atoms with Crippen LogP contribution in [0.25, 0.3) is 0 Å². The van der Waals surface area contributed by atoms with Gasteiger partial charge in [0.1, 0.15) is 18.1 Å². The Bertz CT molecular complexity index is 953. The number of nitrogens with one attached hydrogen (secondary N) is 2. The van der Waals surface area contributed by atoms with Crippen molar-refractivity contribution in [1.29, 1.82) is 0 Å². The summed E-state index contributed by atoms with van der Waals surface area (Å²) in [7, 11) is 0. The fourth-order valence-electron chi connectivity index (χ4n) is 2.06. The molecule has 0 aliphatic carbocycles. The highest BCUT2D eigenvalue weighted by Gasteiger charge is 2.00. The molecule has 132 valence electrons. The molecule has 26 heavy (non-hydrogen) atoms. The number of hydrogen-bond donors (Lipinski definition) is 2. The zero-order valence-corrected chi connectivity index (χ0v) is 15.5. The zero-order valence-electron chi connectivity index (χ0n) is 13.9. The number of ether oxygens (including phenoxy) is 1. The molecule has 0 amide bonds. The second-order valence-corrected chi connectivity index (χ2v) is 6.34. The molecule has 7 nitrogen and oxygen atoms in total. The Morgan fingerprint density at radius 3 is 2.65 bits per heavy atom. The van der Waals surface area contributed by atoms with Crippen molar-refractivity contribution < 1.29 is 4.74 Å². The van der Waals surface area contributed by atoms with E-state index in [2.05, 4.69) is 41.6 Å². The molecule has 0 bridgehead atoms. The van der Waals surface area contributed by atoms with Crippen LogP contribution in [0.4, 0.5) is 5.82 Å². The molecule has 8 heteroatoms. The van der Waals surface area contributed by atoms with Gasteiger partial charge in [0.2, 0.25) is 0 Å². The van der Waals surface area contributed by atoms with E-state index in [9.17, 15) is 4.79 Å². The molecule has 0 spiro atoms. The van der Waals surface area contributed by atoms with Gasteiger partial charge in [-0.25, -0.2) is 9.89 Å². The van der Waals surface area contributed by atoms with Gasteiger partial charge in [-0.15, -0.1) is 0 Å². The van der Waals surface area contributed by atoms with Crippen LogP contribution >= 0.6 is 15.9 Å². The fraction of sp³-hybridized carbons (Fsp3) is 0.111. The third kappa shape index (κ3) is 5.00. The van der Waals surface area contributed by atoms with Gasteiger partial charge in [0.25, 0.3) is 0 Å². The first-order valence-corrected chi connectivity index (χ1v) is 8.59. The number of aryl methyl sites for hydroxylation is 1. The van der Waals surface area contributed by atoms with Gasteiger partial charge < -0.3 is 4.74 Å². The van der Waals surface area contributed by atoms with E-state index in [0.717, 1.165) is 21.3 Å². The van der Waals surface area contributed by atoms with Crippen LogP contribution in [0.1, 0.15) is 16.8 Å². The van der Waals surface area contributed by atoms with Crippen molar-refractivity contribution in [3.05, 3.63) is 80.3 Å². The minimum absolute atomic E-state index is 0.319. The lowest BCUT2D eigenvalue weighted by Crippen LogP contribution is -2.15. The summed E-state index contributed by atoms with van der Waals surface area (Å²) < 4.78 is 6.80. The normalized spacial score (nSPS) is 10.8. The number of anilines is 1. The van der Waals surface area contributed by atoms with E-state index in [0.29, 0.717) is 18.1 Å². The predicted octanol–water partition coefficient (Wildman–Crippen LogP) is 3.26. The van der Waals surface area contributed by atoms with Crippen LogP contribution in [-0.2, 0) is 6.61 Å².